The molecule has 1 aromatic carbocycles. The van der Waals surface area contributed by atoms with Gasteiger partial charge in [-0.25, -0.2) is 9.50 Å². The van der Waals surface area contributed by atoms with E-state index in [0.29, 0.717) is 12.1 Å². The standard InChI is InChI=1S/C18H18N6O/c1-22-9-10-24-18(22)15(11-20-24)17(25)21-16(12-23-8-7-19-13-23)14-5-3-2-4-6-14/h2-11,13,16H,12H2,1H3,(H,21,25)/t16-/m0/s1. The number of carbonyl (C=O) groups is 1. The molecule has 126 valence electrons. The highest BCUT2D eigenvalue weighted by Gasteiger charge is 2.20. The van der Waals surface area contributed by atoms with Crippen LogP contribution in [0.5, 0.6) is 0 Å². The number of rotatable bonds is 5. The van der Waals surface area contributed by atoms with Crippen molar-refractivity contribution in [3.63, 3.8) is 0 Å². The van der Waals surface area contributed by atoms with Gasteiger partial charge >= 0.3 is 0 Å². The Bertz CT molecular complexity index is 983. The van der Waals surface area contributed by atoms with Gasteiger partial charge in [0, 0.05) is 38.4 Å². The first-order valence-electron chi connectivity index (χ1n) is 8.02. The van der Waals surface area contributed by atoms with Crippen molar-refractivity contribution in [3.05, 3.63) is 78.8 Å². The maximum atomic E-state index is 12.9. The Balaban J connectivity index is 1.63. The number of nitrogens with one attached hydrogen (secondary N) is 1. The lowest BCUT2D eigenvalue weighted by atomic mass is 10.1. The van der Waals surface area contributed by atoms with Crippen LogP contribution >= 0.6 is 0 Å². The second-order valence-corrected chi connectivity index (χ2v) is 5.93. The number of hydrogen-bond acceptors (Lipinski definition) is 3. The van der Waals surface area contributed by atoms with Crippen molar-refractivity contribution < 1.29 is 4.79 Å². The summed E-state index contributed by atoms with van der Waals surface area (Å²) in [6, 6.07) is 9.76. The Morgan fingerprint density at radius 3 is 2.80 bits per heavy atom. The summed E-state index contributed by atoms with van der Waals surface area (Å²) in [7, 11) is 1.90. The van der Waals surface area contributed by atoms with Crippen molar-refractivity contribution >= 4 is 11.6 Å². The molecule has 25 heavy (non-hydrogen) atoms. The lowest BCUT2D eigenvalue weighted by Crippen LogP contribution is -2.31. The zero-order valence-electron chi connectivity index (χ0n) is 13.8. The highest BCUT2D eigenvalue weighted by molar-refractivity contribution is 6.00. The number of aryl methyl sites for hydroxylation is 1. The van der Waals surface area contributed by atoms with Gasteiger partial charge in [0.25, 0.3) is 5.91 Å². The lowest BCUT2D eigenvalue weighted by molar-refractivity contribution is 0.0934. The minimum absolute atomic E-state index is 0.147. The van der Waals surface area contributed by atoms with Gasteiger partial charge in [-0.15, -0.1) is 0 Å². The molecule has 0 saturated carbocycles. The minimum Gasteiger partial charge on any atom is -0.343 e. The van der Waals surface area contributed by atoms with Crippen LogP contribution in [0.15, 0.2) is 67.6 Å². The molecule has 3 heterocycles. The average Bonchev–Trinajstić information content (AvgIpc) is 3.35. The second-order valence-electron chi connectivity index (χ2n) is 5.93. The summed E-state index contributed by atoms with van der Waals surface area (Å²) in [6.07, 6.45) is 10.7. The predicted molar refractivity (Wildman–Crippen MR) is 93.0 cm³/mol. The fraction of sp³-hybridized carbons (Fsp3) is 0.167. The van der Waals surface area contributed by atoms with E-state index in [0.717, 1.165) is 11.2 Å². The summed E-state index contributed by atoms with van der Waals surface area (Å²) in [5.41, 5.74) is 2.37. The Morgan fingerprint density at radius 1 is 1.20 bits per heavy atom. The van der Waals surface area contributed by atoms with Crippen molar-refractivity contribution in [2.75, 3.05) is 0 Å². The molecule has 0 spiro atoms. The van der Waals surface area contributed by atoms with E-state index in [4.69, 9.17) is 0 Å². The molecule has 1 N–H and O–H groups in total. The fourth-order valence-electron chi connectivity index (χ4n) is 2.97. The van der Waals surface area contributed by atoms with Crippen molar-refractivity contribution in [1.82, 2.24) is 29.0 Å². The predicted octanol–water partition coefficient (Wildman–Crippen LogP) is 2.04. The third-order valence-corrected chi connectivity index (χ3v) is 4.24. The van der Waals surface area contributed by atoms with Crippen LogP contribution < -0.4 is 5.32 Å². The molecule has 0 aliphatic rings. The van der Waals surface area contributed by atoms with Gasteiger partial charge in [-0.05, 0) is 5.56 Å². The number of nitrogens with zero attached hydrogens (tertiary/aromatic N) is 5. The highest BCUT2D eigenvalue weighted by atomic mass is 16.1. The van der Waals surface area contributed by atoms with Crippen molar-refractivity contribution in [2.24, 2.45) is 7.05 Å². The normalized spacial score (nSPS) is 12.4. The number of aromatic nitrogens is 5. The van der Waals surface area contributed by atoms with Crippen LogP contribution in [-0.4, -0.2) is 29.6 Å². The van der Waals surface area contributed by atoms with Crippen molar-refractivity contribution in [2.45, 2.75) is 12.6 Å². The highest BCUT2D eigenvalue weighted by Crippen LogP contribution is 2.17. The van der Waals surface area contributed by atoms with Crippen LogP contribution in [0.2, 0.25) is 0 Å². The molecule has 1 amide bonds. The third-order valence-electron chi connectivity index (χ3n) is 4.24. The summed E-state index contributed by atoms with van der Waals surface area (Å²) < 4.78 is 5.53. The molecule has 3 aromatic heterocycles. The van der Waals surface area contributed by atoms with Crippen LogP contribution in [0.25, 0.3) is 5.65 Å². The van der Waals surface area contributed by atoms with Crippen LogP contribution in [0, 0.1) is 0 Å². The Morgan fingerprint density at radius 2 is 2.04 bits per heavy atom. The summed E-state index contributed by atoms with van der Waals surface area (Å²) in [6.45, 7) is 0.604. The monoisotopic (exact) mass is 334 g/mol. The van der Waals surface area contributed by atoms with E-state index in [1.165, 1.54) is 0 Å². The molecule has 1 atom stereocenters. The molecular formula is C18H18N6O. The van der Waals surface area contributed by atoms with Gasteiger partial charge < -0.3 is 14.5 Å². The molecular weight excluding hydrogens is 316 g/mol. The average molecular weight is 334 g/mol. The Hall–Kier alpha value is -3.35. The zero-order chi connectivity index (χ0) is 17.2. The smallest absolute Gasteiger partial charge is 0.257 e. The first-order valence-corrected chi connectivity index (χ1v) is 8.02. The third kappa shape index (κ3) is 2.91. The number of benzene rings is 1. The molecule has 7 nitrogen and oxygen atoms in total. The summed E-state index contributed by atoms with van der Waals surface area (Å²) >= 11 is 0. The number of imidazole rings is 2. The number of amides is 1. The number of carbonyl (C=O) groups excluding carboxylic acids is 1. The van der Waals surface area contributed by atoms with E-state index >= 15 is 0 Å². The quantitative estimate of drug-likeness (QED) is 0.607. The SMILES string of the molecule is Cn1ccn2ncc(C(=O)N[C@@H](Cn3ccnc3)c3ccccc3)c12. The molecule has 0 bridgehead atoms. The molecule has 0 radical (unpaired) electrons. The molecule has 0 unspecified atom stereocenters. The molecule has 0 aliphatic carbocycles. The number of fused-ring (bicyclic) bond motifs is 1. The largest absolute Gasteiger partial charge is 0.343 e. The molecule has 4 rings (SSSR count). The minimum atomic E-state index is -0.168. The van der Waals surface area contributed by atoms with E-state index in [1.54, 1.807) is 23.2 Å². The lowest BCUT2D eigenvalue weighted by Gasteiger charge is -2.19. The maximum absolute atomic E-state index is 12.9. The van der Waals surface area contributed by atoms with Crippen LogP contribution in [0.1, 0.15) is 22.0 Å². The van der Waals surface area contributed by atoms with E-state index in [9.17, 15) is 4.79 Å². The fourth-order valence-corrected chi connectivity index (χ4v) is 2.97. The topological polar surface area (TPSA) is 69.2 Å². The molecule has 7 heteroatoms. The van der Waals surface area contributed by atoms with E-state index in [2.05, 4.69) is 15.4 Å². The van der Waals surface area contributed by atoms with Crippen LogP contribution in [-0.2, 0) is 13.6 Å². The first kappa shape index (κ1) is 15.2. The van der Waals surface area contributed by atoms with Crippen LogP contribution in [0.4, 0.5) is 0 Å². The first-order chi connectivity index (χ1) is 12.2. The van der Waals surface area contributed by atoms with Crippen molar-refractivity contribution in [3.8, 4) is 0 Å². The van der Waals surface area contributed by atoms with Gasteiger partial charge in [-0.3, -0.25) is 4.79 Å². The Kier molecular flexibility index (Phi) is 3.81. The molecule has 4 aromatic rings. The second kappa shape index (κ2) is 6.27. The van der Waals surface area contributed by atoms with Gasteiger partial charge in [-0.1, -0.05) is 30.3 Å². The van der Waals surface area contributed by atoms with Crippen LogP contribution in [0.3, 0.4) is 0 Å². The summed E-state index contributed by atoms with van der Waals surface area (Å²) in [4.78, 5) is 17.0. The van der Waals surface area contributed by atoms with Gasteiger partial charge in [0.05, 0.1) is 18.6 Å². The van der Waals surface area contributed by atoms with Gasteiger partial charge in [0.1, 0.15) is 11.2 Å². The summed E-state index contributed by atoms with van der Waals surface area (Å²) in [5, 5.41) is 7.37. The van der Waals surface area contributed by atoms with Crippen molar-refractivity contribution in [1.29, 1.82) is 0 Å². The molecule has 0 fully saturated rings. The molecule has 0 saturated heterocycles. The van der Waals surface area contributed by atoms with E-state index < -0.39 is 0 Å². The molecule has 0 aliphatic heterocycles. The summed E-state index contributed by atoms with van der Waals surface area (Å²) in [5.74, 6) is -0.147. The zero-order valence-corrected chi connectivity index (χ0v) is 13.8. The van der Waals surface area contributed by atoms with E-state index in [-0.39, 0.29) is 11.9 Å². The van der Waals surface area contributed by atoms with Gasteiger partial charge in [0.15, 0.2) is 0 Å². The van der Waals surface area contributed by atoms with Gasteiger partial charge in [-0.2, -0.15) is 5.10 Å². The van der Waals surface area contributed by atoms with E-state index in [1.807, 2.05) is 65.1 Å². The van der Waals surface area contributed by atoms with Gasteiger partial charge in [0.2, 0.25) is 0 Å². The maximum Gasteiger partial charge on any atom is 0.257 e. The number of hydrogen-bond donors (Lipinski definition) is 1. The Labute approximate surface area is 144 Å².